The number of nitrogens with one attached hydrogen (secondary N) is 2. The largest absolute Gasteiger partial charge is 0.446 e. The number of ether oxygens (including phenoxy) is 1. The Bertz CT molecular complexity index is 1450. The molecule has 0 saturated carbocycles. The van der Waals surface area contributed by atoms with Gasteiger partial charge in [-0.05, 0) is 68.1 Å². The summed E-state index contributed by atoms with van der Waals surface area (Å²) in [6, 6.07) is 25.5. The third-order valence-electron chi connectivity index (χ3n) is 9.13. The number of aliphatic hydroxyl groups is 1. The number of benzene rings is 3. The second kappa shape index (κ2) is 17.1. The first-order chi connectivity index (χ1) is 22.9. The van der Waals surface area contributed by atoms with Crippen LogP contribution < -0.4 is 10.6 Å². The molecule has 5 rings (SSSR count). The fourth-order valence-corrected chi connectivity index (χ4v) is 6.30. The summed E-state index contributed by atoms with van der Waals surface area (Å²) in [6.45, 7) is 5.74. The average Bonchev–Trinajstić information content (AvgIpc) is 3.11. The smallest absolute Gasteiger partial charge is 0.411 e. The average molecular weight is 642 g/mol. The Balaban J connectivity index is 0.996. The Morgan fingerprint density at radius 2 is 1.51 bits per heavy atom. The molecule has 2 aliphatic heterocycles. The second-order valence-corrected chi connectivity index (χ2v) is 12.5. The number of para-hydroxylation sites is 1. The first kappa shape index (κ1) is 34.1. The van der Waals surface area contributed by atoms with E-state index in [9.17, 15) is 14.4 Å². The lowest BCUT2D eigenvalue weighted by Gasteiger charge is -2.32. The number of amides is 3. The molecular weight excluding hydrogens is 594 g/mol. The molecule has 0 bridgehead atoms. The van der Waals surface area contributed by atoms with E-state index in [1.54, 1.807) is 4.90 Å². The Labute approximate surface area is 277 Å². The molecule has 10 nitrogen and oxygen atoms in total. The summed E-state index contributed by atoms with van der Waals surface area (Å²) in [4.78, 5) is 44.4. The van der Waals surface area contributed by atoms with Crippen LogP contribution in [0, 0.1) is 5.92 Å². The minimum Gasteiger partial charge on any atom is -0.446 e. The predicted octanol–water partition coefficient (Wildman–Crippen LogP) is 4.46. The van der Waals surface area contributed by atoms with E-state index in [2.05, 4.69) is 20.4 Å². The summed E-state index contributed by atoms with van der Waals surface area (Å²) in [5.41, 5.74) is 4.52. The highest BCUT2D eigenvalue weighted by atomic mass is 16.6. The Morgan fingerprint density at radius 1 is 0.851 bits per heavy atom. The molecule has 2 heterocycles. The van der Waals surface area contributed by atoms with Crippen molar-refractivity contribution in [2.45, 2.75) is 38.3 Å². The quantitative estimate of drug-likeness (QED) is 0.268. The molecule has 47 heavy (non-hydrogen) atoms. The number of carbonyl (C=O) groups excluding carboxylic acids is 3. The fourth-order valence-electron chi connectivity index (χ4n) is 6.30. The van der Waals surface area contributed by atoms with E-state index < -0.39 is 6.09 Å². The molecule has 3 aromatic carbocycles. The molecule has 250 valence electrons. The van der Waals surface area contributed by atoms with Gasteiger partial charge in [-0.25, -0.2) is 4.79 Å². The molecule has 0 atom stereocenters. The van der Waals surface area contributed by atoms with E-state index in [4.69, 9.17) is 9.84 Å². The number of hydrogen-bond acceptors (Lipinski definition) is 7. The number of aliphatic hydroxyl groups excluding tert-OH is 1. The van der Waals surface area contributed by atoms with Gasteiger partial charge in [0.25, 0.3) is 5.91 Å². The van der Waals surface area contributed by atoms with Gasteiger partial charge in [0.2, 0.25) is 5.91 Å². The van der Waals surface area contributed by atoms with Gasteiger partial charge < -0.3 is 25.0 Å². The van der Waals surface area contributed by atoms with Gasteiger partial charge in [0, 0.05) is 63.4 Å². The van der Waals surface area contributed by atoms with Gasteiger partial charge >= 0.3 is 6.09 Å². The van der Waals surface area contributed by atoms with Crippen molar-refractivity contribution in [3.63, 3.8) is 0 Å². The van der Waals surface area contributed by atoms with Crippen molar-refractivity contribution in [1.29, 1.82) is 0 Å². The van der Waals surface area contributed by atoms with Crippen molar-refractivity contribution in [3.05, 3.63) is 90.0 Å². The summed E-state index contributed by atoms with van der Waals surface area (Å²) in [5.74, 6) is 0.0382. The molecule has 2 aliphatic rings. The van der Waals surface area contributed by atoms with Crippen LogP contribution in [0.4, 0.5) is 10.5 Å². The molecule has 0 radical (unpaired) electrons. The monoisotopic (exact) mass is 641 g/mol. The van der Waals surface area contributed by atoms with Gasteiger partial charge in [-0.2, -0.15) is 0 Å². The van der Waals surface area contributed by atoms with E-state index in [0.29, 0.717) is 18.7 Å². The number of anilines is 1. The van der Waals surface area contributed by atoms with Crippen molar-refractivity contribution in [3.8, 4) is 11.1 Å². The standard InChI is InChI=1S/C37H47N5O5/c1-40(36(45)31-13-11-28(12-14-31)27-42-20-15-30(16-21-42)35(44)38-19-26-43)24-25-41-22-17-32(18-23-41)47-37(46)39-34-10-6-5-9-33(34)29-7-3-2-4-8-29/h2-14,30,32,43H,15-27H2,1H3,(H,38,44)(H,39,46). The Kier molecular flexibility index (Phi) is 12.4. The zero-order chi connectivity index (χ0) is 33.0. The molecule has 3 aromatic rings. The van der Waals surface area contributed by atoms with Crippen molar-refractivity contribution in [2.24, 2.45) is 5.92 Å². The second-order valence-electron chi connectivity index (χ2n) is 12.5. The van der Waals surface area contributed by atoms with E-state index in [-0.39, 0.29) is 30.4 Å². The topological polar surface area (TPSA) is 114 Å². The van der Waals surface area contributed by atoms with Crippen LogP contribution in [0.25, 0.3) is 11.1 Å². The summed E-state index contributed by atoms with van der Waals surface area (Å²) in [7, 11) is 1.84. The zero-order valence-electron chi connectivity index (χ0n) is 27.3. The number of nitrogens with zero attached hydrogens (tertiary/aromatic N) is 3. The number of hydrogen-bond donors (Lipinski definition) is 3. The highest BCUT2D eigenvalue weighted by Crippen LogP contribution is 2.28. The molecular formula is C37H47N5O5. The van der Waals surface area contributed by atoms with Crippen LogP contribution in [0.2, 0.25) is 0 Å². The van der Waals surface area contributed by atoms with Crippen LogP contribution in [0.5, 0.6) is 0 Å². The van der Waals surface area contributed by atoms with Crippen molar-refractivity contribution in [1.82, 2.24) is 20.0 Å². The summed E-state index contributed by atoms with van der Waals surface area (Å²) >= 11 is 0. The van der Waals surface area contributed by atoms with Crippen LogP contribution in [0.1, 0.15) is 41.6 Å². The van der Waals surface area contributed by atoms with Gasteiger partial charge in [-0.15, -0.1) is 0 Å². The molecule has 3 N–H and O–H groups in total. The molecule has 3 amide bonds. The zero-order valence-corrected chi connectivity index (χ0v) is 27.3. The number of likely N-dealkylation sites (tertiary alicyclic amines) is 2. The van der Waals surface area contributed by atoms with Crippen LogP contribution in [-0.2, 0) is 16.1 Å². The van der Waals surface area contributed by atoms with Crippen LogP contribution in [0.15, 0.2) is 78.9 Å². The van der Waals surface area contributed by atoms with Gasteiger partial charge in [-0.3, -0.25) is 19.8 Å². The van der Waals surface area contributed by atoms with Crippen molar-refractivity contribution in [2.75, 3.05) is 64.8 Å². The Hall–Kier alpha value is -4.25. The molecule has 2 saturated heterocycles. The lowest BCUT2D eigenvalue weighted by Crippen LogP contribution is -2.42. The highest BCUT2D eigenvalue weighted by Gasteiger charge is 2.25. The summed E-state index contributed by atoms with van der Waals surface area (Å²) < 4.78 is 5.77. The first-order valence-electron chi connectivity index (χ1n) is 16.7. The molecule has 0 spiro atoms. The van der Waals surface area contributed by atoms with Gasteiger partial charge in [-0.1, -0.05) is 60.7 Å². The summed E-state index contributed by atoms with van der Waals surface area (Å²) in [6.07, 6.45) is 2.54. The molecule has 2 fully saturated rings. The number of likely N-dealkylation sites (N-methyl/N-ethyl adjacent to an activating group) is 1. The van der Waals surface area contributed by atoms with E-state index in [1.807, 2.05) is 85.9 Å². The lowest BCUT2D eigenvalue weighted by molar-refractivity contribution is -0.126. The van der Waals surface area contributed by atoms with Crippen LogP contribution in [-0.4, -0.2) is 103 Å². The maximum absolute atomic E-state index is 13.1. The SMILES string of the molecule is CN(CCN1CCC(OC(=O)Nc2ccccc2-c2ccccc2)CC1)C(=O)c1ccc(CN2CCC(C(=O)NCCO)CC2)cc1. The predicted molar refractivity (Wildman–Crippen MR) is 183 cm³/mol. The number of carbonyl (C=O) groups is 3. The van der Waals surface area contributed by atoms with Crippen molar-refractivity contribution >= 4 is 23.6 Å². The third kappa shape index (κ3) is 9.87. The molecule has 10 heteroatoms. The minimum absolute atomic E-state index is 0.00284. The molecule has 0 aromatic heterocycles. The first-order valence-corrected chi connectivity index (χ1v) is 16.7. The third-order valence-corrected chi connectivity index (χ3v) is 9.13. The lowest BCUT2D eigenvalue weighted by atomic mass is 9.95. The maximum Gasteiger partial charge on any atom is 0.411 e. The molecule has 0 aliphatic carbocycles. The van der Waals surface area contributed by atoms with Gasteiger partial charge in [0.05, 0.1) is 12.3 Å². The van der Waals surface area contributed by atoms with Crippen LogP contribution in [0.3, 0.4) is 0 Å². The van der Waals surface area contributed by atoms with Crippen molar-refractivity contribution < 1.29 is 24.2 Å². The Morgan fingerprint density at radius 3 is 2.21 bits per heavy atom. The highest BCUT2D eigenvalue weighted by molar-refractivity contribution is 5.94. The maximum atomic E-state index is 13.1. The summed E-state index contributed by atoms with van der Waals surface area (Å²) in [5, 5.41) is 14.6. The van der Waals surface area contributed by atoms with Gasteiger partial charge in [0.15, 0.2) is 0 Å². The number of piperidine rings is 2. The van der Waals surface area contributed by atoms with Gasteiger partial charge in [0.1, 0.15) is 6.10 Å². The normalized spacial score (nSPS) is 16.4. The van der Waals surface area contributed by atoms with E-state index in [1.165, 1.54) is 0 Å². The van der Waals surface area contributed by atoms with Crippen LogP contribution >= 0.6 is 0 Å². The number of rotatable bonds is 12. The van der Waals surface area contributed by atoms with E-state index in [0.717, 1.165) is 87.3 Å². The minimum atomic E-state index is -0.438. The van der Waals surface area contributed by atoms with E-state index >= 15 is 0 Å². The molecule has 0 unspecified atom stereocenters. The fraction of sp³-hybridized carbons (Fsp3) is 0.432.